The number of carbonyl (C=O) groups is 2. The summed E-state index contributed by atoms with van der Waals surface area (Å²) in [6, 6.07) is 6.51. The molecule has 0 unspecified atom stereocenters. The summed E-state index contributed by atoms with van der Waals surface area (Å²) in [6.45, 7) is 0.225. The van der Waals surface area contributed by atoms with Crippen LogP contribution in [0.1, 0.15) is 17.5 Å². The first-order chi connectivity index (χ1) is 10.4. The summed E-state index contributed by atoms with van der Waals surface area (Å²) in [4.78, 5) is 25.4. The number of nitrogens with zero attached hydrogens (tertiary/aromatic N) is 1. The summed E-state index contributed by atoms with van der Waals surface area (Å²) in [5.74, 6) is -2.19. The summed E-state index contributed by atoms with van der Waals surface area (Å²) >= 11 is 0. The predicted octanol–water partition coefficient (Wildman–Crippen LogP) is 0.459. The maximum Gasteiger partial charge on any atom is 0.326 e. The molecule has 22 heavy (non-hydrogen) atoms. The van der Waals surface area contributed by atoms with Gasteiger partial charge in [0.25, 0.3) is 0 Å². The van der Waals surface area contributed by atoms with Crippen LogP contribution in [0.2, 0.25) is 0 Å². The second-order valence-corrected chi connectivity index (χ2v) is 8.12. The number of sulfone groups is 1. The fourth-order valence-electron chi connectivity index (χ4n) is 3.20. The molecule has 1 aromatic rings. The third-order valence-electron chi connectivity index (χ3n) is 4.40. The Morgan fingerprint density at radius 2 is 1.86 bits per heavy atom. The Morgan fingerprint density at radius 3 is 2.45 bits per heavy atom. The second kappa shape index (κ2) is 5.39. The van der Waals surface area contributed by atoms with Crippen molar-refractivity contribution in [2.24, 2.45) is 5.92 Å². The number of amides is 1. The van der Waals surface area contributed by atoms with Gasteiger partial charge < -0.3 is 10.0 Å². The van der Waals surface area contributed by atoms with E-state index in [1.54, 1.807) is 0 Å². The molecule has 0 aliphatic carbocycles. The normalized spacial score (nSPS) is 26.5. The molecule has 2 atom stereocenters. The Balaban J connectivity index is 1.88. The van der Waals surface area contributed by atoms with Crippen LogP contribution in [0.15, 0.2) is 24.3 Å². The van der Waals surface area contributed by atoms with E-state index in [4.69, 9.17) is 0 Å². The Bertz CT molecular complexity index is 727. The fraction of sp³-hybridized carbons (Fsp3) is 0.467. The maximum absolute atomic E-state index is 12.6. The largest absolute Gasteiger partial charge is 0.480 e. The van der Waals surface area contributed by atoms with Crippen molar-refractivity contribution in [3.8, 4) is 0 Å². The van der Waals surface area contributed by atoms with Crippen molar-refractivity contribution in [2.75, 3.05) is 11.5 Å². The van der Waals surface area contributed by atoms with Crippen LogP contribution < -0.4 is 0 Å². The molecule has 0 bridgehead atoms. The average Bonchev–Trinajstić information content (AvgIpc) is 2.85. The van der Waals surface area contributed by atoms with Gasteiger partial charge in [-0.2, -0.15) is 0 Å². The monoisotopic (exact) mass is 323 g/mol. The molecule has 1 saturated heterocycles. The molecule has 1 N–H and O–H groups in total. The van der Waals surface area contributed by atoms with E-state index in [1.165, 1.54) is 4.90 Å². The Labute approximate surface area is 128 Å². The number of benzene rings is 1. The molecule has 2 aliphatic rings. The van der Waals surface area contributed by atoms with E-state index in [-0.39, 0.29) is 36.8 Å². The van der Waals surface area contributed by atoms with Gasteiger partial charge in [-0.1, -0.05) is 24.3 Å². The Hall–Kier alpha value is -1.89. The van der Waals surface area contributed by atoms with Gasteiger partial charge in [0, 0.05) is 13.0 Å². The van der Waals surface area contributed by atoms with Crippen molar-refractivity contribution in [3.05, 3.63) is 35.4 Å². The van der Waals surface area contributed by atoms with E-state index in [0.29, 0.717) is 0 Å². The number of carbonyl (C=O) groups excluding carboxylic acids is 1. The molecule has 0 spiro atoms. The minimum Gasteiger partial charge on any atom is -0.480 e. The lowest BCUT2D eigenvalue weighted by atomic mass is 9.92. The molecule has 7 heteroatoms. The molecule has 118 valence electrons. The molecule has 0 radical (unpaired) electrons. The van der Waals surface area contributed by atoms with Crippen LogP contribution in [0.25, 0.3) is 0 Å². The van der Waals surface area contributed by atoms with E-state index in [1.807, 2.05) is 24.3 Å². The van der Waals surface area contributed by atoms with E-state index in [0.717, 1.165) is 11.1 Å². The number of rotatable bonds is 2. The van der Waals surface area contributed by atoms with Crippen LogP contribution in [-0.4, -0.2) is 47.8 Å². The molecule has 0 saturated carbocycles. The van der Waals surface area contributed by atoms with E-state index in [9.17, 15) is 23.1 Å². The number of aliphatic carboxylic acids is 1. The zero-order valence-electron chi connectivity index (χ0n) is 11.9. The second-order valence-electron chi connectivity index (χ2n) is 5.89. The number of hydrogen-bond acceptors (Lipinski definition) is 4. The van der Waals surface area contributed by atoms with Gasteiger partial charge in [-0.3, -0.25) is 4.79 Å². The summed E-state index contributed by atoms with van der Waals surface area (Å²) in [5.41, 5.74) is 1.85. The predicted molar refractivity (Wildman–Crippen MR) is 78.9 cm³/mol. The van der Waals surface area contributed by atoms with Crippen LogP contribution in [0.4, 0.5) is 0 Å². The lowest BCUT2D eigenvalue weighted by Gasteiger charge is -2.35. The van der Waals surface area contributed by atoms with Gasteiger partial charge in [0.15, 0.2) is 9.84 Å². The molecule has 6 nitrogen and oxygen atoms in total. The van der Waals surface area contributed by atoms with Gasteiger partial charge in [-0.25, -0.2) is 13.2 Å². The maximum atomic E-state index is 12.6. The molecule has 0 aromatic heterocycles. The highest BCUT2D eigenvalue weighted by Gasteiger charge is 2.41. The van der Waals surface area contributed by atoms with E-state index < -0.39 is 27.8 Å². The molecule has 1 fully saturated rings. The highest BCUT2D eigenvalue weighted by Crippen LogP contribution is 2.28. The summed E-state index contributed by atoms with van der Waals surface area (Å²) < 4.78 is 23.1. The van der Waals surface area contributed by atoms with Crippen molar-refractivity contribution in [3.63, 3.8) is 0 Å². The van der Waals surface area contributed by atoms with Crippen molar-refractivity contribution >= 4 is 21.7 Å². The highest BCUT2D eigenvalue weighted by atomic mass is 32.2. The summed E-state index contributed by atoms with van der Waals surface area (Å²) in [7, 11) is -3.17. The van der Waals surface area contributed by atoms with Crippen LogP contribution in [-0.2, 0) is 32.4 Å². The van der Waals surface area contributed by atoms with Crippen molar-refractivity contribution in [2.45, 2.75) is 25.4 Å². The fourth-order valence-corrected chi connectivity index (χ4v) is 4.93. The topological polar surface area (TPSA) is 91.8 Å². The first kappa shape index (κ1) is 15.0. The van der Waals surface area contributed by atoms with E-state index >= 15 is 0 Å². The van der Waals surface area contributed by atoms with Gasteiger partial charge in [0.2, 0.25) is 5.91 Å². The average molecular weight is 323 g/mol. The highest BCUT2D eigenvalue weighted by molar-refractivity contribution is 7.91. The third kappa shape index (κ3) is 2.72. The third-order valence-corrected chi connectivity index (χ3v) is 6.17. The van der Waals surface area contributed by atoms with Gasteiger partial charge in [-0.15, -0.1) is 0 Å². The molecule has 2 aliphatic heterocycles. The number of carboxylic acid groups (broad SMARTS) is 1. The summed E-state index contributed by atoms with van der Waals surface area (Å²) in [6.07, 6.45) is 0.544. The zero-order chi connectivity index (χ0) is 15.9. The van der Waals surface area contributed by atoms with Crippen LogP contribution in [0, 0.1) is 5.92 Å². The minimum atomic E-state index is -3.17. The lowest BCUT2D eigenvalue weighted by molar-refractivity contribution is -0.153. The van der Waals surface area contributed by atoms with E-state index in [2.05, 4.69) is 0 Å². The molecular weight excluding hydrogens is 306 g/mol. The summed E-state index contributed by atoms with van der Waals surface area (Å²) in [5, 5.41) is 9.42. The Kier molecular flexibility index (Phi) is 3.68. The van der Waals surface area contributed by atoms with Gasteiger partial charge >= 0.3 is 5.97 Å². The van der Waals surface area contributed by atoms with Gasteiger partial charge in [0.1, 0.15) is 6.04 Å². The smallest absolute Gasteiger partial charge is 0.326 e. The molecule has 2 heterocycles. The first-order valence-electron chi connectivity index (χ1n) is 7.18. The first-order valence-corrected chi connectivity index (χ1v) is 9.00. The molecule has 1 aromatic carbocycles. The molecule has 3 rings (SSSR count). The zero-order valence-corrected chi connectivity index (χ0v) is 12.8. The lowest BCUT2D eigenvalue weighted by Crippen LogP contribution is -2.50. The Morgan fingerprint density at radius 1 is 1.18 bits per heavy atom. The van der Waals surface area contributed by atoms with Crippen molar-refractivity contribution < 1.29 is 23.1 Å². The molecule has 1 amide bonds. The van der Waals surface area contributed by atoms with Crippen LogP contribution in [0.5, 0.6) is 0 Å². The van der Waals surface area contributed by atoms with Crippen molar-refractivity contribution in [1.82, 2.24) is 4.90 Å². The number of carboxylic acids is 1. The number of hydrogen-bond donors (Lipinski definition) is 1. The molecular formula is C15H17NO5S. The standard InChI is InChI=1S/C15H17NO5S/c17-14(12-5-6-22(20,21)9-12)16-8-11-4-2-1-3-10(11)7-13(16)15(18)19/h1-4,12-13H,5-9H2,(H,18,19)/t12-,13-/m1/s1. The number of fused-ring (bicyclic) bond motifs is 1. The van der Waals surface area contributed by atoms with Crippen LogP contribution >= 0.6 is 0 Å². The SMILES string of the molecule is O=C(O)[C@H]1Cc2ccccc2CN1C(=O)[C@@H]1CCS(=O)(=O)C1. The van der Waals surface area contributed by atoms with Crippen LogP contribution in [0.3, 0.4) is 0 Å². The van der Waals surface area contributed by atoms with Gasteiger partial charge in [-0.05, 0) is 17.5 Å². The van der Waals surface area contributed by atoms with Gasteiger partial charge in [0.05, 0.1) is 17.4 Å². The van der Waals surface area contributed by atoms with Crippen molar-refractivity contribution in [1.29, 1.82) is 0 Å². The quantitative estimate of drug-likeness (QED) is 0.853. The minimum absolute atomic E-state index is 0.00553.